The Morgan fingerprint density at radius 3 is 2.57 bits per heavy atom. The van der Waals surface area contributed by atoms with Gasteiger partial charge in [-0.3, -0.25) is 4.79 Å². The summed E-state index contributed by atoms with van der Waals surface area (Å²) in [5.41, 5.74) is -1.27. The van der Waals surface area contributed by atoms with Crippen molar-refractivity contribution in [2.24, 2.45) is 0 Å². The van der Waals surface area contributed by atoms with Gasteiger partial charge in [0.2, 0.25) is 5.88 Å². The van der Waals surface area contributed by atoms with Crippen LogP contribution in [0.4, 0.5) is 23.4 Å². The molecule has 7 nitrogen and oxygen atoms in total. The molecule has 0 aliphatic rings. The average Bonchev–Trinajstić information content (AvgIpc) is 2.79. The molecule has 0 bridgehead atoms. The van der Waals surface area contributed by atoms with Crippen LogP contribution >= 0.6 is 11.6 Å². The van der Waals surface area contributed by atoms with E-state index in [1.165, 1.54) is 31.2 Å². The van der Waals surface area contributed by atoms with E-state index >= 15 is 0 Å². The molecule has 0 saturated carbocycles. The molecule has 0 aliphatic heterocycles. The summed E-state index contributed by atoms with van der Waals surface area (Å²) in [5, 5.41) is 19.9. The van der Waals surface area contributed by atoms with E-state index in [4.69, 9.17) is 26.2 Å². The number of benzene rings is 2. The molecular formula is C23H19ClF4N2O5. The van der Waals surface area contributed by atoms with Gasteiger partial charge in [-0.25, -0.2) is 4.39 Å². The van der Waals surface area contributed by atoms with Crippen molar-refractivity contribution in [1.29, 1.82) is 0 Å². The zero-order valence-electron chi connectivity index (χ0n) is 18.1. The number of amides is 1. The molecule has 0 aliphatic carbocycles. The molecule has 0 saturated heterocycles. The first-order valence-electron chi connectivity index (χ1n) is 10.0. The fourth-order valence-corrected chi connectivity index (χ4v) is 3.13. The number of nitrogens with one attached hydrogen (secondary N) is 1. The minimum absolute atomic E-state index is 0.0131. The van der Waals surface area contributed by atoms with Crippen molar-refractivity contribution in [1.82, 2.24) is 4.98 Å². The highest BCUT2D eigenvalue weighted by molar-refractivity contribution is 6.32. The largest absolute Gasteiger partial charge is 0.475 e. The standard InChI is InChI=1S/C23H19ClF4N2O5/c1-12-7-13(25)5-6-18(12)35-19-9-16(23(26,27)28)17(24)8-15(19)22(33)30-20-3-2-4-21(29-20)34-11-14(32)10-31/h2-9,14,31-32H,10-11H2,1H3,(H,29,30,33)/t14-/m1/s1. The number of aromatic nitrogens is 1. The first-order chi connectivity index (χ1) is 16.5. The number of alkyl halides is 3. The fourth-order valence-electron chi connectivity index (χ4n) is 2.86. The van der Waals surface area contributed by atoms with E-state index in [0.29, 0.717) is 6.07 Å². The Hall–Kier alpha value is -3.41. The van der Waals surface area contributed by atoms with Gasteiger partial charge in [-0.2, -0.15) is 18.2 Å². The van der Waals surface area contributed by atoms with E-state index in [1.807, 2.05) is 0 Å². The van der Waals surface area contributed by atoms with Crippen LogP contribution in [0.5, 0.6) is 17.4 Å². The predicted octanol–water partition coefficient (Wildman–Crippen LogP) is 4.98. The van der Waals surface area contributed by atoms with Gasteiger partial charge in [-0.05, 0) is 48.9 Å². The number of aryl methyl sites for hydroxylation is 1. The van der Waals surface area contributed by atoms with E-state index in [1.54, 1.807) is 0 Å². The number of hydrogen-bond acceptors (Lipinski definition) is 6. The van der Waals surface area contributed by atoms with Gasteiger partial charge in [-0.1, -0.05) is 17.7 Å². The summed E-state index contributed by atoms with van der Waals surface area (Å²) in [5.74, 6) is -1.90. The maximum atomic E-state index is 13.4. The Morgan fingerprint density at radius 1 is 1.17 bits per heavy atom. The molecule has 3 aromatic rings. The highest BCUT2D eigenvalue weighted by Gasteiger charge is 2.35. The molecule has 0 fully saturated rings. The van der Waals surface area contributed by atoms with Crippen molar-refractivity contribution in [2.45, 2.75) is 19.2 Å². The van der Waals surface area contributed by atoms with Gasteiger partial charge in [0.25, 0.3) is 5.91 Å². The molecule has 35 heavy (non-hydrogen) atoms. The zero-order chi connectivity index (χ0) is 25.8. The normalized spacial score (nSPS) is 12.2. The van der Waals surface area contributed by atoms with Crippen molar-refractivity contribution in [3.05, 3.63) is 76.1 Å². The molecule has 3 N–H and O–H groups in total. The maximum absolute atomic E-state index is 13.4. The van der Waals surface area contributed by atoms with Gasteiger partial charge in [-0.15, -0.1) is 0 Å². The first kappa shape index (κ1) is 26.2. The topological polar surface area (TPSA) is 101 Å². The summed E-state index contributed by atoms with van der Waals surface area (Å²) in [7, 11) is 0. The summed E-state index contributed by atoms with van der Waals surface area (Å²) in [6, 6.07) is 9.10. The number of aliphatic hydroxyl groups is 2. The van der Waals surface area contributed by atoms with Gasteiger partial charge < -0.3 is 25.0 Å². The summed E-state index contributed by atoms with van der Waals surface area (Å²) >= 11 is 5.81. The third-order valence-electron chi connectivity index (χ3n) is 4.58. The lowest BCUT2D eigenvalue weighted by Gasteiger charge is -2.17. The number of rotatable bonds is 8. The van der Waals surface area contributed by atoms with Gasteiger partial charge in [0, 0.05) is 6.07 Å². The smallest absolute Gasteiger partial charge is 0.417 e. The molecule has 0 radical (unpaired) electrons. The molecule has 186 valence electrons. The second-order valence-electron chi connectivity index (χ2n) is 7.30. The van der Waals surface area contributed by atoms with Crippen LogP contribution in [-0.4, -0.2) is 40.4 Å². The number of halogens is 5. The minimum atomic E-state index is -4.82. The van der Waals surface area contributed by atoms with Crippen LogP contribution in [0.25, 0.3) is 0 Å². The molecule has 0 unspecified atom stereocenters. The Bertz CT molecular complexity index is 1220. The highest BCUT2D eigenvalue weighted by Crippen LogP contribution is 2.40. The number of carbonyl (C=O) groups excluding carboxylic acids is 1. The summed E-state index contributed by atoms with van der Waals surface area (Å²) in [6.45, 7) is 0.702. The SMILES string of the molecule is Cc1cc(F)ccc1Oc1cc(C(F)(F)F)c(Cl)cc1C(=O)Nc1cccc(OC[C@H](O)CO)n1. The Morgan fingerprint density at radius 2 is 1.91 bits per heavy atom. The van der Waals surface area contributed by atoms with Gasteiger partial charge in [0.05, 0.1) is 22.8 Å². The third kappa shape index (κ3) is 6.81. The Kier molecular flexibility index (Phi) is 8.15. The minimum Gasteiger partial charge on any atom is -0.475 e. The van der Waals surface area contributed by atoms with Crippen LogP contribution in [0.3, 0.4) is 0 Å². The molecule has 1 heterocycles. The number of nitrogens with zero attached hydrogens (tertiary/aromatic N) is 1. The molecule has 1 amide bonds. The monoisotopic (exact) mass is 514 g/mol. The van der Waals surface area contributed by atoms with Crippen LogP contribution in [-0.2, 0) is 6.18 Å². The second-order valence-corrected chi connectivity index (χ2v) is 7.71. The van der Waals surface area contributed by atoms with Crippen molar-refractivity contribution in [3.63, 3.8) is 0 Å². The van der Waals surface area contributed by atoms with Crippen LogP contribution in [0, 0.1) is 12.7 Å². The number of hydrogen-bond donors (Lipinski definition) is 3. The molecule has 12 heteroatoms. The van der Waals surface area contributed by atoms with Crippen molar-refractivity contribution in [2.75, 3.05) is 18.5 Å². The molecule has 0 spiro atoms. The van der Waals surface area contributed by atoms with E-state index in [9.17, 15) is 27.5 Å². The maximum Gasteiger partial charge on any atom is 0.417 e. The van der Waals surface area contributed by atoms with E-state index in [2.05, 4.69) is 10.3 Å². The summed E-state index contributed by atoms with van der Waals surface area (Å²) in [6.07, 6.45) is -5.96. The first-order valence-corrected chi connectivity index (χ1v) is 10.4. The second kappa shape index (κ2) is 10.9. The molecular weight excluding hydrogens is 496 g/mol. The highest BCUT2D eigenvalue weighted by atomic mass is 35.5. The quantitative estimate of drug-likeness (QED) is 0.367. The predicted molar refractivity (Wildman–Crippen MR) is 118 cm³/mol. The van der Waals surface area contributed by atoms with E-state index in [0.717, 1.165) is 18.2 Å². The van der Waals surface area contributed by atoms with Gasteiger partial charge in [0.1, 0.15) is 35.8 Å². The number of pyridine rings is 1. The molecule has 1 aromatic heterocycles. The fraction of sp³-hybridized carbons (Fsp3) is 0.217. The van der Waals surface area contributed by atoms with Crippen molar-refractivity contribution in [3.8, 4) is 17.4 Å². The van der Waals surface area contributed by atoms with Crippen molar-refractivity contribution < 1.29 is 42.0 Å². The Labute approximate surface area is 201 Å². The summed E-state index contributed by atoms with van der Waals surface area (Å²) in [4.78, 5) is 17.0. The van der Waals surface area contributed by atoms with E-state index in [-0.39, 0.29) is 35.2 Å². The number of carbonyl (C=O) groups is 1. The van der Waals surface area contributed by atoms with Gasteiger partial charge >= 0.3 is 6.18 Å². The van der Waals surface area contributed by atoms with E-state index < -0.39 is 46.9 Å². The third-order valence-corrected chi connectivity index (χ3v) is 4.89. The molecule has 3 rings (SSSR count). The lowest BCUT2D eigenvalue weighted by atomic mass is 10.1. The zero-order valence-corrected chi connectivity index (χ0v) is 18.8. The Balaban J connectivity index is 1.94. The van der Waals surface area contributed by atoms with Crippen LogP contribution in [0.2, 0.25) is 5.02 Å². The lowest BCUT2D eigenvalue weighted by Crippen LogP contribution is -2.21. The molecule has 1 atom stereocenters. The summed E-state index contributed by atoms with van der Waals surface area (Å²) < 4.78 is 64.5. The molecule has 2 aromatic carbocycles. The lowest BCUT2D eigenvalue weighted by molar-refractivity contribution is -0.137. The van der Waals surface area contributed by atoms with Crippen molar-refractivity contribution >= 4 is 23.3 Å². The average molecular weight is 515 g/mol. The number of anilines is 1. The van der Waals surface area contributed by atoms with Crippen LogP contribution in [0.1, 0.15) is 21.5 Å². The number of ether oxygens (including phenoxy) is 2. The van der Waals surface area contributed by atoms with Crippen LogP contribution < -0.4 is 14.8 Å². The van der Waals surface area contributed by atoms with Gasteiger partial charge in [0.15, 0.2) is 0 Å². The van der Waals surface area contributed by atoms with Crippen LogP contribution in [0.15, 0.2) is 48.5 Å². The number of aliphatic hydroxyl groups excluding tert-OH is 2.